The van der Waals surface area contributed by atoms with Crippen LogP contribution in [0.5, 0.6) is 5.75 Å². The first-order valence-corrected chi connectivity index (χ1v) is 11.8. The number of fused-ring (bicyclic) bond motifs is 2. The number of hydrogen-bond donors (Lipinski definition) is 0. The molecule has 0 radical (unpaired) electrons. The molecule has 6 heteroatoms. The number of nitrogens with zero attached hydrogens (tertiary/aromatic N) is 4. The molecule has 5 rings (SSSR count). The van der Waals surface area contributed by atoms with Crippen LogP contribution in [0.2, 0.25) is 0 Å². The summed E-state index contributed by atoms with van der Waals surface area (Å²) in [5.74, 6) is 0.983. The van der Waals surface area contributed by atoms with Gasteiger partial charge < -0.3 is 14.5 Å². The summed E-state index contributed by atoms with van der Waals surface area (Å²) in [4.78, 5) is 24.6. The van der Waals surface area contributed by atoms with Crippen molar-refractivity contribution in [2.45, 2.75) is 33.2 Å². The van der Waals surface area contributed by atoms with Crippen LogP contribution in [0.4, 0.5) is 5.69 Å². The van der Waals surface area contributed by atoms with E-state index in [9.17, 15) is 4.79 Å². The van der Waals surface area contributed by atoms with Crippen molar-refractivity contribution in [2.75, 3.05) is 33.3 Å². The van der Waals surface area contributed by atoms with E-state index in [1.165, 1.54) is 0 Å². The van der Waals surface area contributed by atoms with Gasteiger partial charge in [0.25, 0.3) is 5.91 Å². The number of rotatable bonds is 2. The van der Waals surface area contributed by atoms with Crippen LogP contribution in [0.25, 0.3) is 5.57 Å². The van der Waals surface area contributed by atoms with E-state index in [2.05, 4.69) is 60.0 Å². The second-order valence-electron chi connectivity index (χ2n) is 9.55. The Morgan fingerprint density at radius 2 is 1.94 bits per heavy atom. The van der Waals surface area contributed by atoms with Crippen LogP contribution in [0.1, 0.15) is 32.8 Å². The van der Waals surface area contributed by atoms with Crippen molar-refractivity contribution in [1.82, 2.24) is 14.7 Å². The summed E-state index contributed by atoms with van der Waals surface area (Å²) < 4.78 is 5.88. The Morgan fingerprint density at radius 3 is 2.76 bits per heavy atom. The smallest absolute Gasteiger partial charge is 0.255 e. The van der Waals surface area contributed by atoms with Crippen molar-refractivity contribution in [1.29, 1.82) is 0 Å². The maximum atomic E-state index is 13.5. The van der Waals surface area contributed by atoms with Crippen molar-refractivity contribution in [3.05, 3.63) is 65.7 Å². The SMILES string of the molecule is CC1=Nc2ccc(C3=CC(=O)N4C=C(N5CCN(C)C(C)C5)C=CC4=CCC3C)cc2OC1. The third-order valence-electron chi connectivity index (χ3n) is 7.06. The normalized spacial score (nSPS) is 25.6. The molecule has 33 heavy (non-hydrogen) atoms. The molecule has 4 aliphatic heterocycles. The zero-order chi connectivity index (χ0) is 23.1. The molecular formula is C27H32N4O2. The maximum Gasteiger partial charge on any atom is 0.255 e. The Kier molecular flexibility index (Phi) is 5.71. The van der Waals surface area contributed by atoms with Crippen molar-refractivity contribution in [3.63, 3.8) is 0 Å². The standard InChI is InChI=1S/C27H32N4O2/c1-18-5-7-22-8-9-23(30-12-11-29(4)20(3)15-30)16-31(22)27(32)14-24(18)21-6-10-25-26(13-21)33-17-19(2)28-25/h6-10,13-14,16,18,20H,5,11-12,15,17H2,1-4H3. The van der Waals surface area contributed by atoms with Crippen LogP contribution in [-0.4, -0.2) is 65.6 Å². The zero-order valence-electron chi connectivity index (χ0n) is 19.9. The van der Waals surface area contributed by atoms with E-state index in [1.807, 2.05) is 25.3 Å². The number of carbonyl (C=O) groups excluding carboxylic acids is 1. The van der Waals surface area contributed by atoms with Crippen molar-refractivity contribution >= 4 is 22.9 Å². The molecule has 1 fully saturated rings. The predicted molar refractivity (Wildman–Crippen MR) is 132 cm³/mol. The highest BCUT2D eigenvalue weighted by molar-refractivity contribution is 5.98. The molecule has 2 unspecified atom stereocenters. The van der Waals surface area contributed by atoms with Crippen LogP contribution >= 0.6 is 0 Å². The number of allylic oxidation sites excluding steroid dienone is 4. The van der Waals surface area contributed by atoms with Crippen LogP contribution in [-0.2, 0) is 4.79 Å². The molecule has 1 amide bonds. The van der Waals surface area contributed by atoms with Crippen molar-refractivity contribution < 1.29 is 9.53 Å². The third kappa shape index (κ3) is 4.27. The van der Waals surface area contributed by atoms with E-state index in [0.717, 1.165) is 65.7 Å². The molecule has 4 aliphatic rings. The Labute approximate surface area is 196 Å². The largest absolute Gasteiger partial charge is 0.485 e. The first-order chi connectivity index (χ1) is 15.9. The average Bonchev–Trinajstić information content (AvgIpc) is 2.81. The van der Waals surface area contributed by atoms with Gasteiger partial charge in [-0.3, -0.25) is 14.7 Å². The fourth-order valence-electron chi connectivity index (χ4n) is 4.79. The van der Waals surface area contributed by atoms with Crippen LogP contribution in [0.3, 0.4) is 0 Å². The van der Waals surface area contributed by atoms with Crippen LogP contribution in [0.15, 0.2) is 65.1 Å². The highest BCUT2D eigenvalue weighted by atomic mass is 16.5. The third-order valence-corrected chi connectivity index (χ3v) is 7.06. The molecule has 0 saturated carbocycles. The molecule has 1 saturated heterocycles. The second-order valence-corrected chi connectivity index (χ2v) is 9.55. The van der Waals surface area contributed by atoms with Crippen LogP contribution < -0.4 is 4.74 Å². The lowest BCUT2D eigenvalue weighted by Crippen LogP contribution is -2.49. The van der Waals surface area contributed by atoms with Gasteiger partial charge in [0.15, 0.2) is 0 Å². The van der Waals surface area contributed by atoms with E-state index in [1.54, 1.807) is 11.0 Å². The van der Waals surface area contributed by atoms with Gasteiger partial charge in [0.05, 0.1) is 11.4 Å². The minimum atomic E-state index is -0.0145. The Bertz CT molecular complexity index is 1130. The molecule has 6 nitrogen and oxygen atoms in total. The summed E-state index contributed by atoms with van der Waals surface area (Å²) in [6.45, 7) is 9.85. The molecular weight excluding hydrogens is 412 g/mol. The predicted octanol–water partition coefficient (Wildman–Crippen LogP) is 4.35. The number of benzene rings is 1. The van der Waals surface area contributed by atoms with Gasteiger partial charge in [-0.2, -0.15) is 0 Å². The minimum absolute atomic E-state index is 0.0145. The lowest BCUT2D eigenvalue weighted by atomic mass is 9.89. The molecule has 1 aromatic rings. The summed E-state index contributed by atoms with van der Waals surface area (Å²) in [6, 6.07) is 6.55. The van der Waals surface area contributed by atoms with E-state index in [4.69, 9.17) is 4.74 Å². The van der Waals surface area contributed by atoms with Gasteiger partial charge in [0.1, 0.15) is 18.0 Å². The van der Waals surface area contributed by atoms with Gasteiger partial charge in [-0.25, -0.2) is 0 Å². The van der Waals surface area contributed by atoms with Gasteiger partial charge in [-0.05, 0) is 68.7 Å². The lowest BCUT2D eigenvalue weighted by molar-refractivity contribution is -0.122. The van der Waals surface area contributed by atoms with E-state index in [-0.39, 0.29) is 11.8 Å². The fraction of sp³-hybridized carbons (Fsp3) is 0.407. The molecule has 0 N–H and O–H groups in total. The van der Waals surface area contributed by atoms with E-state index < -0.39 is 0 Å². The maximum absolute atomic E-state index is 13.5. The van der Waals surface area contributed by atoms with Gasteiger partial charge in [-0.1, -0.05) is 19.1 Å². The van der Waals surface area contributed by atoms with E-state index >= 15 is 0 Å². The lowest BCUT2D eigenvalue weighted by Gasteiger charge is -2.40. The van der Waals surface area contributed by atoms with Gasteiger partial charge >= 0.3 is 0 Å². The quantitative estimate of drug-likeness (QED) is 0.680. The molecule has 0 aliphatic carbocycles. The first kappa shape index (κ1) is 21.7. The Morgan fingerprint density at radius 1 is 1.12 bits per heavy atom. The number of amides is 1. The molecule has 2 atom stereocenters. The van der Waals surface area contributed by atoms with Crippen molar-refractivity contribution in [3.8, 4) is 5.75 Å². The van der Waals surface area contributed by atoms with Crippen molar-refractivity contribution in [2.24, 2.45) is 10.9 Å². The highest BCUT2D eigenvalue weighted by Gasteiger charge is 2.27. The van der Waals surface area contributed by atoms with Gasteiger partial charge in [-0.15, -0.1) is 0 Å². The Hall–Kier alpha value is -3.12. The summed E-state index contributed by atoms with van der Waals surface area (Å²) in [5, 5.41) is 0. The number of carbonyl (C=O) groups is 1. The summed E-state index contributed by atoms with van der Waals surface area (Å²) in [5.41, 5.74) is 5.92. The number of likely N-dealkylation sites (N-methyl/N-ethyl adjacent to an activating group) is 1. The molecule has 172 valence electrons. The van der Waals surface area contributed by atoms with Crippen LogP contribution in [0, 0.1) is 5.92 Å². The fourth-order valence-corrected chi connectivity index (χ4v) is 4.79. The van der Waals surface area contributed by atoms with Gasteiger partial charge in [0, 0.05) is 43.6 Å². The molecule has 0 bridgehead atoms. The molecule has 4 heterocycles. The highest BCUT2D eigenvalue weighted by Crippen LogP contribution is 2.37. The second kappa shape index (κ2) is 8.67. The molecule has 0 spiro atoms. The molecule has 0 aromatic heterocycles. The number of hydrogen-bond acceptors (Lipinski definition) is 5. The first-order valence-electron chi connectivity index (χ1n) is 11.8. The zero-order valence-corrected chi connectivity index (χ0v) is 19.9. The number of aliphatic imine (C=N–C) groups is 1. The summed E-state index contributed by atoms with van der Waals surface area (Å²) in [6.07, 6.45) is 11.1. The van der Waals surface area contributed by atoms with Gasteiger partial charge in [0.2, 0.25) is 0 Å². The summed E-state index contributed by atoms with van der Waals surface area (Å²) in [7, 11) is 2.17. The monoisotopic (exact) mass is 444 g/mol. The molecule has 1 aromatic carbocycles. The van der Waals surface area contributed by atoms with E-state index in [0.29, 0.717) is 12.6 Å². The topological polar surface area (TPSA) is 48.4 Å². The number of piperazine rings is 1. The minimum Gasteiger partial charge on any atom is -0.485 e. The summed E-state index contributed by atoms with van der Waals surface area (Å²) >= 11 is 0. The number of ether oxygens (including phenoxy) is 1. The average molecular weight is 445 g/mol. The Balaban J connectivity index is 1.44.